The number of likely N-dealkylation sites (N-methyl/N-ethyl adjacent to an activating group) is 1. The first-order valence-electron chi connectivity index (χ1n) is 9.99. The number of ketones is 1. The van der Waals surface area contributed by atoms with Crippen LogP contribution in [0.3, 0.4) is 0 Å². The van der Waals surface area contributed by atoms with Gasteiger partial charge in [-0.3, -0.25) is 9.59 Å². The van der Waals surface area contributed by atoms with E-state index in [-0.39, 0.29) is 11.3 Å². The molecule has 3 rings (SSSR count). The van der Waals surface area contributed by atoms with Gasteiger partial charge in [-0.1, -0.05) is 38.1 Å². The van der Waals surface area contributed by atoms with Gasteiger partial charge < -0.3 is 14.9 Å². The van der Waals surface area contributed by atoms with Gasteiger partial charge in [0.05, 0.1) is 11.6 Å². The van der Waals surface area contributed by atoms with Crippen LogP contribution < -0.4 is 0 Å². The van der Waals surface area contributed by atoms with Gasteiger partial charge in [-0.25, -0.2) is 4.39 Å². The van der Waals surface area contributed by atoms with Gasteiger partial charge in [-0.05, 0) is 55.4 Å². The van der Waals surface area contributed by atoms with Crippen LogP contribution in [0, 0.1) is 5.82 Å². The van der Waals surface area contributed by atoms with E-state index in [2.05, 4.69) is 13.8 Å². The van der Waals surface area contributed by atoms with Gasteiger partial charge in [0.1, 0.15) is 11.6 Å². The predicted molar refractivity (Wildman–Crippen MR) is 114 cm³/mol. The average molecular weight is 410 g/mol. The van der Waals surface area contributed by atoms with E-state index in [0.717, 1.165) is 11.1 Å². The summed E-state index contributed by atoms with van der Waals surface area (Å²) in [5, 5.41) is 10.9. The number of hydrogen-bond acceptors (Lipinski definition) is 4. The normalized spacial score (nSPS) is 18.6. The highest BCUT2D eigenvalue weighted by Crippen LogP contribution is 2.39. The Balaban J connectivity index is 2.12. The molecular weight excluding hydrogens is 383 g/mol. The molecular formula is C24H27FN2O3. The van der Waals surface area contributed by atoms with Gasteiger partial charge in [-0.2, -0.15) is 0 Å². The lowest BCUT2D eigenvalue weighted by atomic mass is 9.93. The first-order valence-corrected chi connectivity index (χ1v) is 9.99. The Morgan fingerprint density at radius 3 is 2.20 bits per heavy atom. The molecule has 1 aliphatic rings. The average Bonchev–Trinajstić information content (AvgIpc) is 2.97. The molecule has 2 aromatic rings. The van der Waals surface area contributed by atoms with E-state index in [9.17, 15) is 19.1 Å². The molecule has 2 aromatic carbocycles. The lowest BCUT2D eigenvalue weighted by molar-refractivity contribution is -0.140. The summed E-state index contributed by atoms with van der Waals surface area (Å²) in [5.41, 5.74) is 2.22. The van der Waals surface area contributed by atoms with Gasteiger partial charge in [0, 0.05) is 18.7 Å². The first-order chi connectivity index (χ1) is 14.2. The van der Waals surface area contributed by atoms with Crippen LogP contribution >= 0.6 is 0 Å². The van der Waals surface area contributed by atoms with Crippen LogP contribution in [0.2, 0.25) is 0 Å². The fourth-order valence-electron chi connectivity index (χ4n) is 3.59. The molecule has 1 aliphatic heterocycles. The molecule has 0 radical (unpaired) electrons. The van der Waals surface area contributed by atoms with Crippen molar-refractivity contribution >= 4 is 17.4 Å². The van der Waals surface area contributed by atoms with Crippen molar-refractivity contribution in [1.29, 1.82) is 0 Å². The van der Waals surface area contributed by atoms with Crippen molar-refractivity contribution in [2.24, 2.45) is 0 Å². The Labute approximate surface area is 176 Å². The molecule has 1 atom stereocenters. The maximum atomic E-state index is 13.3. The Morgan fingerprint density at radius 2 is 1.67 bits per heavy atom. The minimum Gasteiger partial charge on any atom is -0.507 e. The van der Waals surface area contributed by atoms with Crippen molar-refractivity contribution < 1.29 is 19.1 Å². The van der Waals surface area contributed by atoms with Crippen LogP contribution in [-0.4, -0.2) is 53.8 Å². The molecule has 1 fully saturated rings. The molecule has 1 heterocycles. The smallest absolute Gasteiger partial charge is 0.295 e. The van der Waals surface area contributed by atoms with Gasteiger partial charge in [0.15, 0.2) is 0 Å². The molecule has 0 aliphatic carbocycles. The summed E-state index contributed by atoms with van der Waals surface area (Å²) in [6.45, 7) is 5.10. The van der Waals surface area contributed by atoms with Crippen LogP contribution in [0.15, 0.2) is 54.1 Å². The van der Waals surface area contributed by atoms with E-state index in [1.807, 2.05) is 43.3 Å². The molecule has 30 heavy (non-hydrogen) atoms. The van der Waals surface area contributed by atoms with E-state index in [1.54, 1.807) is 0 Å². The lowest BCUT2D eigenvalue weighted by Crippen LogP contribution is -2.35. The monoisotopic (exact) mass is 410 g/mol. The number of aliphatic hydroxyl groups excluding tert-OH is 1. The lowest BCUT2D eigenvalue weighted by Gasteiger charge is -2.27. The third kappa shape index (κ3) is 4.28. The minimum atomic E-state index is -0.728. The number of benzene rings is 2. The van der Waals surface area contributed by atoms with Gasteiger partial charge in [0.25, 0.3) is 11.7 Å². The molecule has 0 spiro atoms. The highest BCUT2D eigenvalue weighted by Gasteiger charge is 2.45. The SMILES string of the molecule is CC(C)c1ccc([C@H]2C(=C(O)c3ccc(F)cc3)C(=O)C(=O)N2CCN(C)C)cc1. The number of carbonyl (C=O) groups excluding carboxylic acids is 2. The summed E-state index contributed by atoms with van der Waals surface area (Å²) in [5.74, 6) is -1.76. The molecule has 0 aromatic heterocycles. The molecule has 1 N–H and O–H groups in total. The standard InChI is InChI=1S/C24H27FN2O3/c1-15(2)16-5-7-17(8-6-16)21-20(22(28)18-9-11-19(25)12-10-18)23(29)24(30)27(21)14-13-26(3)4/h5-12,15,21,28H,13-14H2,1-4H3/t21-/m0/s1. The number of hydrogen-bond donors (Lipinski definition) is 1. The molecule has 0 saturated carbocycles. The zero-order valence-electron chi connectivity index (χ0n) is 17.7. The second kappa shape index (κ2) is 8.79. The van der Waals surface area contributed by atoms with Crippen molar-refractivity contribution in [3.8, 4) is 0 Å². The van der Waals surface area contributed by atoms with Gasteiger partial charge in [0.2, 0.25) is 0 Å². The van der Waals surface area contributed by atoms with Crippen LogP contribution in [-0.2, 0) is 9.59 Å². The zero-order valence-corrected chi connectivity index (χ0v) is 17.7. The van der Waals surface area contributed by atoms with E-state index in [0.29, 0.717) is 24.6 Å². The molecule has 0 bridgehead atoms. The zero-order chi connectivity index (χ0) is 22.0. The van der Waals surface area contributed by atoms with E-state index in [4.69, 9.17) is 0 Å². The third-order valence-corrected chi connectivity index (χ3v) is 5.36. The molecule has 158 valence electrons. The largest absolute Gasteiger partial charge is 0.507 e. The van der Waals surface area contributed by atoms with E-state index >= 15 is 0 Å². The van der Waals surface area contributed by atoms with Gasteiger partial charge >= 0.3 is 0 Å². The predicted octanol–water partition coefficient (Wildman–Crippen LogP) is 3.93. The van der Waals surface area contributed by atoms with Crippen molar-refractivity contribution in [1.82, 2.24) is 9.80 Å². The molecule has 0 unspecified atom stereocenters. The number of carbonyl (C=O) groups is 2. The number of amides is 1. The Hall–Kier alpha value is -2.99. The Bertz CT molecular complexity index is 963. The highest BCUT2D eigenvalue weighted by atomic mass is 19.1. The summed E-state index contributed by atoms with van der Waals surface area (Å²) in [7, 11) is 3.78. The quantitative estimate of drug-likeness (QED) is 0.445. The van der Waals surface area contributed by atoms with E-state index < -0.39 is 23.5 Å². The van der Waals surface area contributed by atoms with Crippen molar-refractivity contribution in [2.75, 3.05) is 27.2 Å². The summed E-state index contributed by atoms with van der Waals surface area (Å²) < 4.78 is 13.3. The molecule has 5 nitrogen and oxygen atoms in total. The topological polar surface area (TPSA) is 60.9 Å². The fourth-order valence-corrected chi connectivity index (χ4v) is 3.59. The Morgan fingerprint density at radius 1 is 1.07 bits per heavy atom. The van der Waals surface area contributed by atoms with Crippen LogP contribution in [0.5, 0.6) is 0 Å². The Kier molecular flexibility index (Phi) is 6.37. The number of nitrogens with zero attached hydrogens (tertiary/aromatic N) is 2. The number of aliphatic hydroxyl groups is 1. The maximum absolute atomic E-state index is 13.3. The number of likely N-dealkylation sites (tertiary alicyclic amines) is 1. The van der Waals surface area contributed by atoms with Crippen molar-refractivity contribution in [2.45, 2.75) is 25.8 Å². The van der Waals surface area contributed by atoms with Crippen LogP contribution in [0.1, 0.15) is 42.5 Å². The van der Waals surface area contributed by atoms with Crippen molar-refractivity contribution in [3.05, 3.63) is 76.6 Å². The minimum absolute atomic E-state index is 0.0302. The molecule has 1 amide bonds. The first kappa shape index (κ1) is 21.7. The summed E-state index contributed by atoms with van der Waals surface area (Å²) in [6.07, 6.45) is 0. The number of rotatable bonds is 6. The highest BCUT2D eigenvalue weighted by molar-refractivity contribution is 6.46. The summed E-state index contributed by atoms with van der Waals surface area (Å²) in [6, 6.07) is 12.3. The van der Waals surface area contributed by atoms with Gasteiger partial charge in [-0.15, -0.1) is 0 Å². The molecule has 6 heteroatoms. The maximum Gasteiger partial charge on any atom is 0.295 e. The fraction of sp³-hybridized carbons (Fsp3) is 0.333. The summed E-state index contributed by atoms with van der Waals surface area (Å²) in [4.78, 5) is 29.2. The number of halogens is 1. The number of Topliss-reactive ketones (excluding diaryl/α,β-unsaturated/α-hetero) is 1. The summed E-state index contributed by atoms with van der Waals surface area (Å²) >= 11 is 0. The third-order valence-electron chi connectivity index (χ3n) is 5.36. The second-order valence-electron chi connectivity index (χ2n) is 8.12. The second-order valence-corrected chi connectivity index (χ2v) is 8.12. The van der Waals surface area contributed by atoms with Crippen LogP contribution in [0.4, 0.5) is 4.39 Å². The van der Waals surface area contributed by atoms with E-state index in [1.165, 1.54) is 29.2 Å². The molecule has 1 saturated heterocycles. The van der Waals surface area contributed by atoms with Crippen molar-refractivity contribution in [3.63, 3.8) is 0 Å². The van der Waals surface area contributed by atoms with Crippen LogP contribution in [0.25, 0.3) is 5.76 Å².